The van der Waals surface area contributed by atoms with Crippen LogP contribution in [0.2, 0.25) is 4.34 Å². The zero-order chi connectivity index (χ0) is 14.0. The summed E-state index contributed by atoms with van der Waals surface area (Å²) in [5, 5.41) is 3.96. The maximum atomic E-state index is 6.05. The molecule has 4 fully saturated rings. The third-order valence-corrected chi connectivity index (χ3v) is 7.12. The molecule has 1 aromatic heterocycles. The molecule has 5 rings (SSSR count). The van der Waals surface area contributed by atoms with Crippen LogP contribution in [-0.2, 0) is 6.54 Å². The van der Waals surface area contributed by atoms with E-state index in [1.807, 2.05) is 6.07 Å². The molecule has 0 aromatic carbocycles. The molecule has 4 bridgehead atoms. The quantitative estimate of drug-likeness (QED) is 0.805. The second-order valence-corrected chi connectivity index (χ2v) is 10.3. The minimum Gasteiger partial charge on any atom is -0.306 e. The number of thiophene rings is 1. The summed E-state index contributed by atoms with van der Waals surface area (Å²) in [6.45, 7) is 6.07. The van der Waals surface area contributed by atoms with Gasteiger partial charge in [0.1, 0.15) is 0 Å². The highest BCUT2D eigenvalue weighted by molar-refractivity contribution is 7.16. The molecule has 0 saturated heterocycles. The zero-order valence-corrected chi connectivity index (χ0v) is 14.0. The summed E-state index contributed by atoms with van der Waals surface area (Å²) in [4.78, 5) is 1.38. The van der Waals surface area contributed by atoms with Crippen LogP contribution in [0.4, 0.5) is 0 Å². The fourth-order valence-corrected chi connectivity index (χ4v) is 7.39. The molecule has 4 aliphatic carbocycles. The van der Waals surface area contributed by atoms with Crippen molar-refractivity contribution in [3.63, 3.8) is 0 Å². The summed E-state index contributed by atoms with van der Waals surface area (Å²) in [5.74, 6) is 0.959. The van der Waals surface area contributed by atoms with Crippen LogP contribution < -0.4 is 5.32 Å². The Kier molecular flexibility index (Phi) is 2.88. The highest BCUT2D eigenvalue weighted by atomic mass is 35.5. The second kappa shape index (κ2) is 4.24. The van der Waals surface area contributed by atoms with Gasteiger partial charge in [0.2, 0.25) is 0 Å². The predicted octanol–water partition coefficient (Wildman–Crippen LogP) is 5.24. The van der Waals surface area contributed by atoms with E-state index in [4.69, 9.17) is 11.6 Å². The Hall–Kier alpha value is -0.0500. The van der Waals surface area contributed by atoms with Crippen molar-refractivity contribution >= 4 is 22.9 Å². The Morgan fingerprint density at radius 3 is 2.40 bits per heavy atom. The van der Waals surface area contributed by atoms with Gasteiger partial charge in [-0.1, -0.05) is 25.4 Å². The molecule has 0 amide bonds. The monoisotopic (exact) mass is 309 g/mol. The number of halogens is 1. The molecule has 110 valence electrons. The predicted molar refractivity (Wildman–Crippen MR) is 86.3 cm³/mol. The molecule has 4 saturated carbocycles. The lowest BCUT2D eigenvalue weighted by molar-refractivity contribution is -0.118. The van der Waals surface area contributed by atoms with Gasteiger partial charge in [-0.15, -0.1) is 11.3 Å². The third kappa shape index (κ3) is 2.24. The Bertz CT molecular complexity index is 519. The fraction of sp³-hybridized carbons (Fsp3) is 0.765. The van der Waals surface area contributed by atoms with E-state index in [-0.39, 0.29) is 0 Å². The highest BCUT2D eigenvalue weighted by Gasteiger charge is 2.59. The van der Waals surface area contributed by atoms with Gasteiger partial charge in [0, 0.05) is 17.0 Å². The first-order valence-electron chi connectivity index (χ1n) is 7.87. The Morgan fingerprint density at radius 2 is 1.85 bits per heavy atom. The molecule has 4 aliphatic rings. The SMILES string of the molecule is CC12CC3CC(C)(C1)CC(NCc1ccc(Cl)s1)(C3)C2. The van der Waals surface area contributed by atoms with Crippen molar-refractivity contribution in [1.82, 2.24) is 5.32 Å². The topological polar surface area (TPSA) is 12.0 Å². The maximum Gasteiger partial charge on any atom is 0.0931 e. The number of hydrogen-bond donors (Lipinski definition) is 1. The van der Waals surface area contributed by atoms with Gasteiger partial charge < -0.3 is 5.32 Å². The van der Waals surface area contributed by atoms with E-state index < -0.39 is 0 Å². The average molecular weight is 310 g/mol. The summed E-state index contributed by atoms with van der Waals surface area (Å²) in [5.41, 5.74) is 1.59. The summed E-state index contributed by atoms with van der Waals surface area (Å²) < 4.78 is 0.909. The van der Waals surface area contributed by atoms with Crippen LogP contribution in [0, 0.1) is 16.7 Å². The van der Waals surface area contributed by atoms with E-state index in [1.165, 1.54) is 43.4 Å². The lowest BCUT2D eigenvalue weighted by atomic mass is 9.43. The van der Waals surface area contributed by atoms with E-state index in [9.17, 15) is 0 Å². The second-order valence-electron chi connectivity index (χ2n) is 8.47. The Morgan fingerprint density at radius 1 is 1.15 bits per heavy atom. The van der Waals surface area contributed by atoms with Crippen LogP contribution >= 0.6 is 22.9 Å². The fourth-order valence-electron chi connectivity index (χ4n) is 6.37. The van der Waals surface area contributed by atoms with E-state index in [2.05, 4.69) is 25.2 Å². The smallest absolute Gasteiger partial charge is 0.0931 e. The van der Waals surface area contributed by atoms with Crippen molar-refractivity contribution in [1.29, 1.82) is 0 Å². The van der Waals surface area contributed by atoms with Crippen molar-refractivity contribution in [3.05, 3.63) is 21.3 Å². The summed E-state index contributed by atoms with van der Waals surface area (Å²) in [6, 6.07) is 4.19. The molecule has 2 atom stereocenters. The van der Waals surface area contributed by atoms with E-state index in [1.54, 1.807) is 11.3 Å². The summed E-state index contributed by atoms with van der Waals surface area (Å²) in [6.07, 6.45) is 8.55. The summed E-state index contributed by atoms with van der Waals surface area (Å²) in [7, 11) is 0. The molecule has 0 spiro atoms. The van der Waals surface area contributed by atoms with Gasteiger partial charge in [0.25, 0.3) is 0 Å². The van der Waals surface area contributed by atoms with Gasteiger partial charge in [0.05, 0.1) is 4.34 Å². The largest absolute Gasteiger partial charge is 0.306 e. The molecule has 2 unspecified atom stereocenters. The van der Waals surface area contributed by atoms with Crippen molar-refractivity contribution in [2.75, 3.05) is 0 Å². The molecular weight excluding hydrogens is 286 g/mol. The van der Waals surface area contributed by atoms with Crippen molar-refractivity contribution < 1.29 is 0 Å². The molecule has 1 nitrogen and oxygen atoms in total. The van der Waals surface area contributed by atoms with Gasteiger partial charge in [-0.3, -0.25) is 0 Å². The van der Waals surface area contributed by atoms with Crippen LogP contribution in [0.3, 0.4) is 0 Å². The standard InChI is InChI=1S/C17H24ClNS/c1-15-5-12-6-16(2,9-15)11-17(7-12,10-15)19-8-13-3-4-14(18)20-13/h3-4,12,19H,5-11H2,1-2H3. The Balaban J connectivity index is 1.55. The van der Waals surface area contributed by atoms with Crippen LogP contribution in [0.1, 0.15) is 57.2 Å². The zero-order valence-electron chi connectivity index (χ0n) is 12.5. The molecule has 1 heterocycles. The Labute approximate surface area is 131 Å². The first kappa shape index (κ1) is 13.6. The molecule has 0 radical (unpaired) electrons. The number of rotatable bonds is 3. The van der Waals surface area contributed by atoms with Crippen molar-refractivity contribution in [2.45, 2.75) is 64.5 Å². The van der Waals surface area contributed by atoms with Gasteiger partial charge in [-0.2, -0.15) is 0 Å². The van der Waals surface area contributed by atoms with Gasteiger partial charge >= 0.3 is 0 Å². The van der Waals surface area contributed by atoms with Gasteiger partial charge in [-0.25, -0.2) is 0 Å². The minimum absolute atomic E-state index is 0.402. The molecular formula is C17H24ClNS. The van der Waals surface area contributed by atoms with E-state index in [0.717, 1.165) is 16.8 Å². The normalized spacial score (nSPS) is 46.0. The molecule has 1 aromatic rings. The third-order valence-electron chi connectivity index (χ3n) is 5.89. The lowest BCUT2D eigenvalue weighted by Gasteiger charge is -2.65. The van der Waals surface area contributed by atoms with Gasteiger partial charge in [-0.05, 0) is 67.4 Å². The van der Waals surface area contributed by atoms with Crippen molar-refractivity contribution in [2.24, 2.45) is 16.7 Å². The lowest BCUT2D eigenvalue weighted by Crippen LogP contribution is -2.63. The molecule has 1 N–H and O–H groups in total. The minimum atomic E-state index is 0.402. The van der Waals surface area contributed by atoms with E-state index >= 15 is 0 Å². The summed E-state index contributed by atoms with van der Waals surface area (Å²) >= 11 is 7.77. The molecule has 0 aliphatic heterocycles. The van der Waals surface area contributed by atoms with Crippen LogP contribution in [-0.4, -0.2) is 5.54 Å². The highest BCUT2D eigenvalue weighted by Crippen LogP contribution is 2.66. The van der Waals surface area contributed by atoms with E-state index in [0.29, 0.717) is 16.4 Å². The first-order valence-corrected chi connectivity index (χ1v) is 9.07. The van der Waals surface area contributed by atoms with Gasteiger partial charge in [0.15, 0.2) is 0 Å². The average Bonchev–Trinajstić information content (AvgIpc) is 2.68. The maximum absolute atomic E-state index is 6.05. The van der Waals surface area contributed by atoms with Crippen LogP contribution in [0.25, 0.3) is 0 Å². The van der Waals surface area contributed by atoms with Crippen molar-refractivity contribution in [3.8, 4) is 0 Å². The number of hydrogen-bond acceptors (Lipinski definition) is 2. The molecule has 3 heteroatoms. The first-order chi connectivity index (χ1) is 9.38. The van der Waals surface area contributed by atoms with Crippen LogP contribution in [0.5, 0.6) is 0 Å². The van der Waals surface area contributed by atoms with Crippen LogP contribution in [0.15, 0.2) is 12.1 Å². The molecule has 20 heavy (non-hydrogen) atoms. The number of nitrogens with one attached hydrogen (secondary N) is 1.